The Labute approximate surface area is 118 Å². The van der Waals surface area contributed by atoms with Crippen molar-refractivity contribution in [1.82, 2.24) is 5.32 Å². The van der Waals surface area contributed by atoms with Gasteiger partial charge in [-0.15, -0.1) is 0 Å². The number of nitrogens with one attached hydrogen (secondary N) is 1. The molecule has 2 rings (SSSR count). The van der Waals surface area contributed by atoms with Gasteiger partial charge in [-0.1, -0.05) is 42.0 Å². The number of anilines is 1. The fraction of sp³-hybridized carbons (Fsp3) is 0.188. The van der Waals surface area contributed by atoms with Crippen molar-refractivity contribution in [3.05, 3.63) is 65.2 Å². The summed E-state index contributed by atoms with van der Waals surface area (Å²) in [5, 5.41) is 12.3. The Morgan fingerprint density at radius 1 is 1.25 bits per heavy atom. The van der Waals surface area contributed by atoms with Gasteiger partial charge in [0.25, 0.3) is 5.91 Å². The minimum Gasteiger partial charge on any atom is -0.398 e. The predicted octanol–water partition coefficient (Wildman–Crippen LogP) is 2.04. The van der Waals surface area contributed by atoms with Gasteiger partial charge in [0, 0.05) is 5.69 Å². The van der Waals surface area contributed by atoms with Crippen LogP contribution in [-0.2, 0) is 0 Å². The molecule has 0 aliphatic rings. The van der Waals surface area contributed by atoms with Crippen molar-refractivity contribution in [3.63, 3.8) is 0 Å². The standard InChI is InChI=1S/C16H18N2O2/c1-11-7-8-14(17)13(9-11)16(20)18-15(10-19)12-5-3-2-4-6-12/h2-9,15,19H,10,17H2,1H3,(H,18,20). The molecule has 1 unspecified atom stereocenters. The van der Waals surface area contributed by atoms with E-state index in [1.54, 1.807) is 12.1 Å². The maximum atomic E-state index is 12.3. The maximum Gasteiger partial charge on any atom is 0.253 e. The van der Waals surface area contributed by atoms with E-state index < -0.39 is 6.04 Å². The van der Waals surface area contributed by atoms with Crippen molar-refractivity contribution >= 4 is 11.6 Å². The van der Waals surface area contributed by atoms with Crippen LogP contribution in [0.4, 0.5) is 5.69 Å². The lowest BCUT2D eigenvalue weighted by Crippen LogP contribution is -2.31. The third-order valence-electron chi connectivity index (χ3n) is 3.14. The van der Waals surface area contributed by atoms with Gasteiger partial charge in [-0.05, 0) is 24.6 Å². The summed E-state index contributed by atoms with van der Waals surface area (Å²) in [4.78, 5) is 12.3. The molecule has 20 heavy (non-hydrogen) atoms. The van der Waals surface area contributed by atoms with Crippen LogP contribution in [0.5, 0.6) is 0 Å². The molecule has 0 spiro atoms. The molecule has 0 aliphatic carbocycles. The fourth-order valence-electron chi connectivity index (χ4n) is 2.02. The van der Waals surface area contributed by atoms with E-state index in [1.807, 2.05) is 43.3 Å². The second kappa shape index (κ2) is 6.21. The molecule has 0 aliphatic heterocycles. The smallest absolute Gasteiger partial charge is 0.253 e. The van der Waals surface area contributed by atoms with Crippen molar-refractivity contribution in [2.24, 2.45) is 0 Å². The first kappa shape index (κ1) is 14.1. The Morgan fingerprint density at radius 2 is 1.95 bits per heavy atom. The van der Waals surface area contributed by atoms with Crippen molar-refractivity contribution in [3.8, 4) is 0 Å². The molecule has 0 bridgehead atoms. The summed E-state index contributed by atoms with van der Waals surface area (Å²) < 4.78 is 0. The van der Waals surface area contributed by atoms with Gasteiger partial charge in [-0.3, -0.25) is 4.79 Å². The Bertz CT molecular complexity index is 597. The molecule has 1 atom stereocenters. The number of nitrogens with two attached hydrogens (primary N) is 1. The molecule has 0 saturated carbocycles. The number of carbonyl (C=O) groups is 1. The van der Waals surface area contributed by atoms with Gasteiger partial charge in [-0.25, -0.2) is 0 Å². The van der Waals surface area contributed by atoms with Crippen molar-refractivity contribution in [1.29, 1.82) is 0 Å². The summed E-state index contributed by atoms with van der Waals surface area (Å²) >= 11 is 0. The van der Waals surface area contributed by atoms with Crippen LogP contribution in [0.2, 0.25) is 0 Å². The fourth-order valence-corrected chi connectivity index (χ4v) is 2.02. The molecule has 1 amide bonds. The highest BCUT2D eigenvalue weighted by Gasteiger charge is 2.16. The highest BCUT2D eigenvalue weighted by molar-refractivity contribution is 5.99. The average molecular weight is 270 g/mol. The summed E-state index contributed by atoms with van der Waals surface area (Å²) in [5.41, 5.74) is 8.50. The van der Waals surface area contributed by atoms with Gasteiger partial charge in [0.1, 0.15) is 0 Å². The molecule has 0 aromatic heterocycles. The largest absolute Gasteiger partial charge is 0.398 e. The number of benzene rings is 2. The zero-order chi connectivity index (χ0) is 14.5. The number of aryl methyl sites for hydroxylation is 1. The zero-order valence-corrected chi connectivity index (χ0v) is 11.3. The van der Waals surface area contributed by atoms with Crippen molar-refractivity contribution in [2.45, 2.75) is 13.0 Å². The van der Waals surface area contributed by atoms with E-state index in [9.17, 15) is 9.90 Å². The second-order valence-corrected chi connectivity index (χ2v) is 4.71. The van der Waals surface area contributed by atoms with Crippen LogP contribution >= 0.6 is 0 Å². The number of nitrogen functional groups attached to an aromatic ring is 1. The summed E-state index contributed by atoms with van der Waals surface area (Å²) in [5.74, 6) is -0.283. The molecule has 2 aromatic rings. The SMILES string of the molecule is Cc1ccc(N)c(C(=O)NC(CO)c2ccccc2)c1. The van der Waals surface area contributed by atoms with E-state index in [-0.39, 0.29) is 12.5 Å². The third-order valence-corrected chi connectivity index (χ3v) is 3.14. The lowest BCUT2D eigenvalue weighted by Gasteiger charge is -2.17. The van der Waals surface area contributed by atoms with Crippen LogP contribution in [0.3, 0.4) is 0 Å². The first-order valence-electron chi connectivity index (χ1n) is 6.44. The summed E-state index contributed by atoms with van der Waals surface area (Å²) in [6.07, 6.45) is 0. The molecule has 2 aromatic carbocycles. The van der Waals surface area contributed by atoms with Gasteiger partial charge in [0.15, 0.2) is 0 Å². The second-order valence-electron chi connectivity index (χ2n) is 4.71. The molecule has 4 heteroatoms. The van der Waals surface area contributed by atoms with Crippen LogP contribution in [0.25, 0.3) is 0 Å². The molecule has 104 valence electrons. The lowest BCUT2D eigenvalue weighted by molar-refractivity contribution is 0.0917. The number of aliphatic hydroxyl groups excluding tert-OH is 1. The van der Waals surface area contributed by atoms with Crippen LogP contribution in [-0.4, -0.2) is 17.6 Å². The first-order valence-corrected chi connectivity index (χ1v) is 6.44. The van der Waals surface area contributed by atoms with Gasteiger partial charge < -0.3 is 16.2 Å². The minimum absolute atomic E-state index is 0.165. The van der Waals surface area contributed by atoms with E-state index in [4.69, 9.17) is 5.73 Å². The maximum absolute atomic E-state index is 12.3. The van der Waals surface area contributed by atoms with Crippen LogP contribution in [0.15, 0.2) is 48.5 Å². The van der Waals surface area contributed by atoms with Gasteiger partial charge >= 0.3 is 0 Å². The lowest BCUT2D eigenvalue weighted by atomic mass is 10.1. The van der Waals surface area contributed by atoms with Crippen LogP contribution in [0.1, 0.15) is 27.5 Å². The monoisotopic (exact) mass is 270 g/mol. The van der Waals surface area contributed by atoms with Gasteiger partial charge in [0.2, 0.25) is 0 Å². The number of hydrogen-bond acceptors (Lipinski definition) is 3. The summed E-state index contributed by atoms with van der Waals surface area (Å²) in [6.45, 7) is 1.73. The first-order chi connectivity index (χ1) is 9.61. The topological polar surface area (TPSA) is 75.4 Å². The Kier molecular flexibility index (Phi) is 4.38. The number of rotatable bonds is 4. The minimum atomic E-state index is -0.441. The molecule has 0 radical (unpaired) electrons. The summed E-state index contributed by atoms with van der Waals surface area (Å²) in [6, 6.07) is 14.2. The number of amides is 1. The van der Waals surface area contributed by atoms with Crippen LogP contribution < -0.4 is 11.1 Å². The molecular weight excluding hydrogens is 252 g/mol. The third kappa shape index (κ3) is 3.16. The van der Waals surface area contributed by atoms with E-state index in [1.165, 1.54) is 0 Å². The van der Waals surface area contributed by atoms with E-state index in [2.05, 4.69) is 5.32 Å². The molecule has 4 N–H and O–H groups in total. The predicted molar refractivity (Wildman–Crippen MR) is 79.3 cm³/mol. The van der Waals surface area contributed by atoms with Crippen molar-refractivity contribution in [2.75, 3.05) is 12.3 Å². The normalized spacial score (nSPS) is 11.9. The Balaban J connectivity index is 2.20. The van der Waals surface area contributed by atoms with Gasteiger partial charge in [-0.2, -0.15) is 0 Å². The van der Waals surface area contributed by atoms with E-state index in [0.717, 1.165) is 11.1 Å². The highest BCUT2D eigenvalue weighted by atomic mass is 16.3. The van der Waals surface area contributed by atoms with E-state index in [0.29, 0.717) is 11.3 Å². The molecule has 0 saturated heterocycles. The summed E-state index contributed by atoms with van der Waals surface area (Å²) in [7, 11) is 0. The van der Waals surface area contributed by atoms with Crippen molar-refractivity contribution < 1.29 is 9.90 Å². The molecule has 4 nitrogen and oxygen atoms in total. The average Bonchev–Trinajstić information content (AvgIpc) is 2.48. The highest BCUT2D eigenvalue weighted by Crippen LogP contribution is 2.17. The quantitative estimate of drug-likeness (QED) is 0.744. The molecule has 0 fully saturated rings. The molecular formula is C16H18N2O2. The number of aliphatic hydroxyl groups is 1. The Hall–Kier alpha value is -2.33. The van der Waals surface area contributed by atoms with Gasteiger partial charge in [0.05, 0.1) is 18.2 Å². The number of hydrogen-bond donors (Lipinski definition) is 3. The molecule has 0 heterocycles. The Morgan fingerprint density at radius 3 is 2.60 bits per heavy atom. The van der Waals surface area contributed by atoms with E-state index >= 15 is 0 Å². The van der Waals surface area contributed by atoms with Crippen LogP contribution in [0, 0.1) is 6.92 Å². The number of carbonyl (C=O) groups excluding carboxylic acids is 1. The zero-order valence-electron chi connectivity index (χ0n) is 11.3.